The van der Waals surface area contributed by atoms with Crippen LogP contribution in [0.25, 0.3) is 0 Å². The van der Waals surface area contributed by atoms with Crippen LogP contribution < -0.4 is 0 Å². The van der Waals surface area contributed by atoms with Crippen molar-refractivity contribution < 1.29 is 14.3 Å². The lowest BCUT2D eigenvalue weighted by Gasteiger charge is -2.34. The fraction of sp³-hybridized carbons (Fsp3) is 0.667. The highest BCUT2D eigenvalue weighted by Crippen LogP contribution is 2.23. The van der Waals surface area contributed by atoms with E-state index in [0.717, 1.165) is 0 Å². The number of nitrogens with zero attached hydrogens (tertiary/aromatic N) is 2. The molecule has 0 unspecified atom stereocenters. The molecule has 24 heavy (non-hydrogen) atoms. The summed E-state index contributed by atoms with van der Waals surface area (Å²) in [5.41, 5.74) is -0.483. The Bertz CT molecular complexity index is 543. The molecule has 2 amide bonds. The van der Waals surface area contributed by atoms with Gasteiger partial charge in [-0.3, -0.25) is 4.79 Å². The number of carbonyl (C=O) groups is 2. The molecule has 0 aliphatic carbocycles. The Morgan fingerprint density at radius 1 is 1.33 bits per heavy atom. The van der Waals surface area contributed by atoms with Crippen LogP contribution in [0.2, 0.25) is 0 Å². The fourth-order valence-corrected chi connectivity index (χ4v) is 3.55. The standard InChI is InChI=1S/C18H28N2O3S/c1-5-19(13-15-7-6-12-24-15)16(21)14-8-10-20(11-9-14)17(22)23-18(2,3)4/h6-7,12,14H,5,8-11,13H2,1-4H3. The number of hydrogen-bond acceptors (Lipinski definition) is 4. The molecular formula is C18H28N2O3S. The van der Waals surface area contributed by atoms with Crippen molar-refractivity contribution in [1.82, 2.24) is 9.80 Å². The summed E-state index contributed by atoms with van der Waals surface area (Å²) in [5, 5.41) is 2.03. The molecular weight excluding hydrogens is 324 g/mol. The monoisotopic (exact) mass is 352 g/mol. The predicted molar refractivity (Wildman–Crippen MR) is 95.9 cm³/mol. The largest absolute Gasteiger partial charge is 0.444 e. The molecule has 6 heteroatoms. The van der Waals surface area contributed by atoms with Gasteiger partial charge in [0.15, 0.2) is 0 Å². The highest BCUT2D eigenvalue weighted by Gasteiger charge is 2.31. The van der Waals surface area contributed by atoms with Gasteiger partial charge in [0.1, 0.15) is 5.60 Å². The number of ether oxygens (including phenoxy) is 1. The molecule has 0 atom stereocenters. The average molecular weight is 353 g/mol. The number of hydrogen-bond donors (Lipinski definition) is 0. The lowest BCUT2D eigenvalue weighted by atomic mass is 9.95. The summed E-state index contributed by atoms with van der Waals surface area (Å²) in [6, 6.07) is 4.07. The molecule has 1 saturated heterocycles. The Labute approximate surface area is 148 Å². The van der Waals surface area contributed by atoms with E-state index in [0.29, 0.717) is 39.0 Å². The molecule has 1 aromatic rings. The van der Waals surface area contributed by atoms with Crippen LogP contribution in [0.3, 0.4) is 0 Å². The molecule has 0 spiro atoms. The number of likely N-dealkylation sites (tertiary alicyclic amines) is 1. The number of thiophene rings is 1. The van der Waals surface area contributed by atoms with Crippen molar-refractivity contribution in [1.29, 1.82) is 0 Å². The first-order chi connectivity index (χ1) is 11.3. The van der Waals surface area contributed by atoms with Crippen molar-refractivity contribution >= 4 is 23.3 Å². The lowest BCUT2D eigenvalue weighted by Crippen LogP contribution is -2.45. The van der Waals surface area contributed by atoms with Crippen LogP contribution in [0.4, 0.5) is 4.79 Å². The highest BCUT2D eigenvalue weighted by molar-refractivity contribution is 7.09. The van der Waals surface area contributed by atoms with Gasteiger partial charge < -0.3 is 14.5 Å². The van der Waals surface area contributed by atoms with E-state index in [2.05, 4.69) is 6.07 Å². The van der Waals surface area contributed by atoms with Gasteiger partial charge in [0.25, 0.3) is 0 Å². The second-order valence-corrected chi connectivity index (χ2v) is 8.21. The summed E-state index contributed by atoms with van der Waals surface area (Å²) < 4.78 is 5.40. The zero-order valence-electron chi connectivity index (χ0n) is 15.1. The van der Waals surface area contributed by atoms with Gasteiger partial charge in [-0.1, -0.05) is 6.07 Å². The van der Waals surface area contributed by atoms with Gasteiger partial charge in [-0.2, -0.15) is 0 Å². The highest BCUT2D eigenvalue weighted by atomic mass is 32.1. The SMILES string of the molecule is CCN(Cc1cccs1)C(=O)C1CCN(C(=O)OC(C)(C)C)CC1. The van der Waals surface area contributed by atoms with Crippen molar-refractivity contribution in [3.63, 3.8) is 0 Å². The molecule has 0 radical (unpaired) electrons. The maximum absolute atomic E-state index is 12.8. The third-order valence-corrected chi connectivity index (χ3v) is 4.98. The van der Waals surface area contributed by atoms with Crippen LogP contribution in [-0.2, 0) is 16.1 Å². The van der Waals surface area contributed by atoms with Crippen molar-refractivity contribution in [2.45, 2.75) is 52.7 Å². The predicted octanol–water partition coefficient (Wildman–Crippen LogP) is 3.74. The Morgan fingerprint density at radius 3 is 2.50 bits per heavy atom. The van der Waals surface area contributed by atoms with Gasteiger partial charge in [0.2, 0.25) is 5.91 Å². The summed E-state index contributed by atoms with van der Waals surface area (Å²) in [7, 11) is 0. The number of rotatable bonds is 4. The van der Waals surface area contributed by atoms with Gasteiger partial charge >= 0.3 is 6.09 Å². The van der Waals surface area contributed by atoms with Crippen molar-refractivity contribution in [3.8, 4) is 0 Å². The van der Waals surface area contributed by atoms with Crippen LogP contribution in [0.15, 0.2) is 17.5 Å². The third kappa shape index (κ3) is 5.23. The fourth-order valence-electron chi connectivity index (χ4n) is 2.83. The number of amides is 2. The van der Waals surface area contributed by atoms with E-state index in [1.165, 1.54) is 4.88 Å². The third-order valence-electron chi connectivity index (χ3n) is 4.12. The van der Waals surface area contributed by atoms with Gasteiger partial charge in [-0.15, -0.1) is 11.3 Å². The molecule has 5 nitrogen and oxygen atoms in total. The molecule has 1 aliphatic heterocycles. The smallest absolute Gasteiger partial charge is 0.410 e. The second-order valence-electron chi connectivity index (χ2n) is 7.17. The van der Waals surface area contributed by atoms with E-state index in [1.54, 1.807) is 16.2 Å². The molecule has 1 aliphatic rings. The van der Waals surface area contributed by atoms with E-state index in [-0.39, 0.29) is 17.9 Å². The second kappa shape index (κ2) is 8.01. The van der Waals surface area contributed by atoms with Crippen molar-refractivity contribution in [2.75, 3.05) is 19.6 Å². The Balaban J connectivity index is 1.86. The summed E-state index contributed by atoms with van der Waals surface area (Å²) in [6.45, 7) is 10.2. The molecule has 134 valence electrons. The first-order valence-electron chi connectivity index (χ1n) is 8.59. The maximum atomic E-state index is 12.8. The Hall–Kier alpha value is -1.56. The lowest BCUT2D eigenvalue weighted by molar-refractivity contribution is -0.137. The van der Waals surface area contributed by atoms with Crippen LogP contribution in [0, 0.1) is 5.92 Å². The summed E-state index contributed by atoms with van der Waals surface area (Å²) >= 11 is 1.68. The molecule has 0 saturated carbocycles. The van der Waals surface area contributed by atoms with E-state index in [4.69, 9.17) is 4.74 Å². The number of piperidine rings is 1. The summed E-state index contributed by atoms with van der Waals surface area (Å²) in [4.78, 5) is 29.7. The van der Waals surface area contributed by atoms with Gasteiger partial charge in [-0.25, -0.2) is 4.79 Å². The van der Waals surface area contributed by atoms with Crippen molar-refractivity contribution in [2.24, 2.45) is 5.92 Å². The minimum Gasteiger partial charge on any atom is -0.444 e. The topological polar surface area (TPSA) is 49.9 Å². The van der Waals surface area contributed by atoms with Crippen LogP contribution in [0.5, 0.6) is 0 Å². The molecule has 1 aromatic heterocycles. The average Bonchev–Trinajstić information content (AvgIpc) is 3.03. The normalized spacial score (nSPS) is 16.1. The van der Waals surface area contributed by atoms with E-state index < -0.39 is 5.60 Å². The molecule has 0 N–H and O–H groups in total. The summed E-state index contributed by atoms with van der Waals surface area (Å²) in [6.07, 6.45) is 1.14. The van der Waals surface area contributed by atoms with E-state index in [1.807, 2.05) is 44.0 Å². The van der Waals surface area contributed by atoms with Crippen LogP contribution >= 0.6 is 11.3 Å². The molecule has 2 heterocycles. The molecule has 1 fully saturated rings. The minimum atomic E-state index is -0.483. The zero-order chi connectivity index (χ0) is 17.7. The molecule has 0 aromatic carbocycles. The zero-order valence-corrected chi connectivity index (χ0v) is 15.9. The van der Waals surface area contributed by atoms with E-state index >= 15 is 0 Å². The quantitative estimate of drug-likeness (QED) is 0.829. The Morgan fingerprint density at radius 2 is 2.00 bits per heavy atom. The first-order valence-corrected chi connectivity index (χ1v) is 9.47. The molecule has 2 rings (SSSR count). The number of carbonyl (C=O) groups excluding carboxylic acids is 2. The van der Waals surface area contributed by atoms with Gasteiger partial charge in [0.05, 0.1) is 6.54 Å². The minimum absolute atomic E-state index is 0.00333. The van der Waals surface area contributed by atoms with E-state index in [9.17, 15) is 9.59 Å². The van der Waals surface area contributed by atoms with Gasteiger partial charge in [-0.05, 0) is 52.0 Å². The summed E-state index contributed by atoms with van der Waals surface area (Å²) in [5.74, 6) is 0.207. The Kier molecular flexibility index (Phi) is 6.27. The van der Waals surface area contributed by atoms with Crippen LogP contribution in [-0.4, -0.2) is 47.0 Å². The first kappa shape index (κ1) is 18.8. The van der Waals surface area contributed by atoms with Crippen LogP contribution in [0.1, 0.15) is 45.4 Å². The van der Waals surface area contributed by atoms with Crippen molar-refractivity contribution in [3.05, 3.63) is 22.4 Å². The maximum Gasteiger partial charge on any atom is 0.410 e. The molecule has 0 bridgehead atoms. The van der Waals surface area contributed by atoms with Gasteiger partial charge in [0, 0.05) is 30.4 Å².